The molecule has 0 radical (unpaired) electrons. The van der Waals surface area contributed by atoms with Crippen molar-refractivity contribution >= 4 is 7.32 Å². The minimum absolute atomic E-state index is 0.0895. The highest BCUT2D eigenvalue weighted by atomic mass is 16.7. The third-order valence-electron chi connectivity index (χ3n) is 5.75. The van der Waals surface area contributed by atoms with Crippen molar-refractivity contribution in [1.82, 2.24) is 0 Å². The normalized spacial score (nSPS) is 12.3. The molecule has 0 aliphatic rings. The van der Waals surface area contributed by atoms with Crippen LogP contribution in [0.5, 0.6) is 17.2 Å². The second-order valence-electron chi connectivity index (χ2n) is 11.9. The zero-order valence-electron chi connectivity index (χ0n) is 22.2. The monoisotopic (exact) mass is 458 g/mol. The molecule has 0 aromatic heterocycles. The standard InChI is InChI=1S/C30H39BO3/c1-28(2,3)22-16-10-13-19-25(22)32-31(33-26-20-14-11-17-23(26)29(4,5)6)34-27-21-15-12-18-24(27)30(7,8)9/h10-21H,1-9H3. The van der Waals surface area contributed by atoms with Gasteiger partial charge in [-0.2, -0.15) is 0 Å². The van der Waals surface area contributed by atoms with Crippen LogP contribution in [0.3, 0.4) is 0 Å². The molecule has 3 aromatic carbocycles. The van der Waals surface area contributed by atoms with E-state index in [0.29, 0.717) is 0 Å². The van der Waals surface area contributed by atoms with Crippen LogP contribution in [0.25, 0.3) is 0 Å². The van der Waals surface area contributed by atoms with Crippen LogP contribution in [0.15, 0.2) is 72.8 Å². The molecule has 0 aliphatic carbocycles. The van der Waals surface area contributed by atoms with Crippen LogP contribution in [0.1, 0.15) is 79.0 Å². The smallest absolute Gasteiger partial charge is 0.489 e. The summed E-state index contributed by atoms with van der Waals surface area (Å²) in [7, 11) is -0.963. The first-order chi connectivity index (χ1) is 15.8. The van der Waals surface area contributed by atoms with E-state index in [1.165, 1.54) is 0 Å². The Morgan fingerprint density at radius 1 is 0.412 bits per heavy atom. The summed E-state index contributed by atoms with van der Waals surface area (Å²) in [5, 5.41) is 0. The van der Waals surface area contributed by atoms with Crippen LogP contribution >= 0.6 is 0 Å². The Kier molecular flexibility index (Phi) is 7.40. The minimum atomic E-state index is -0.963. The molecular formula is C30H39BO3. The molecule has 0 saturated heterocycles. The van der Waals surface area contributed by atoms with Crippen molar-refractivity contribution in [2.75, 3.05) is 0 Å². The molecule has 0 unspecified atom stereocenters. The summed E-state index contributed by atoms with van der Waals surface area (Å²) in [6.07, 6.45) is 0. The molecule has 4 heteroatoms. The molecule has 0 N–H and O–H groups in total. The van der Waals surface area contributed by atoms with Crippen molar-refractivity contribution in [3.05, 3.63) is 89.5 Å². The van der Waals surface area contributed by atoms with Crippen molar-refractivity contribution in [2.45, 2.75) is 78.6 Å². The third-order valence-corrected chi connectivity index (χ3v) is 5.75. The van der Waals surface area contributed by atoms with Crippen molar-refractivity contribution in [2.24, 2.45) is 0 Å². The van der Waals surface area contributed by atoms with Crippen molar-refractivity contribution in [3.63, 3.8) is 0 Å². The third kappa shape index (κ3) is 6.37. The number of hydrogen-bond acceptors (Lipinski definition) is 3. The predicted octanol–water partition coefficient (Wildman–Crippen LogP) is 8.10. The van der Waals surface area contributed by atoms with Gasteiger partial charge in [-0.3, -0.25) is 0 Å². The first kappa shape index (κ1) is 25.7. The number of para-hydroxylation sites is 3. The van der Waals surface area contributed by atoms with Gasteiger partial charge >= 0.3 is 7.32 Å². The van der Waals surface area contributed by atoms with E-state index in [4.69, 9.17) is 14.0 Å². The van der Waals surface area contributed by atoms with E-state index in [-0.39, 0.29) is 16.2 Å². The Labute approximate surface area is 206 Å². The number of hydrogen-bond donors (Lipinski definition) is 0. The van der Waals surface area contributed by atoms with Gasteiger partial charge in [0.05, 0.1) is 0 Å². The predicted molar refractivity (Wildman–Crippen MR) is 143 cm³/mol. The molecule has 0 spiro atoms. The zero-order valence-corrected chi connectivity index (χ0v) is 22.2. The quantitative estimate of drug-likeness (QED) is 0.349. The van der Waals surface area contributed by atoms with Crippen molar-refractivity contribution in [1.29, 1.82) is 0 Å². The maximum Gasteiger partial charge on any atom is 0.864 e. The van der Waals surface area contributed by atoms with Crippen molar-refractivity contribution in [3.8, 4) is 17.2 Å². The molecular weight excluding hydrogens is 419 g/mol. The minimum Gasteiger partial charge on any atom is -0.489 e. The van der Waals surface area contributed by atoms with Gasteiger partial charge in [0.2, 0.25) is 0 Å². The fourth-order valence-electron chi connectivity index (χ4n) is 3.95. The first-order valence-corrected chi connectivity index (χ1v) is 12.1. The maximum atomic E-state index is 6.47. The Balaban J connectivity index is 2.05. The van der Waals surface area contributed by atoms with Crippen molar-refractivity contribution < 1.29 is 14.0 Å². The van der Waals surface area contributed by atoms with E-state index in [1.54, 1.807) is 0 Å². The van der Waals surface area contributed by atoms with Crippen LogP contribution in [0.2, 0.25) is 0 Å². The Hall–Kier alpha value is -2.88. The molecule has 0 bridgehead atoms. The summed E-state index contributed by atoms with van der Waals surface area (Å²) in [6, 6.07) is 24.3. The molecule has 0 aliphatic heterocycles. The fraction of sp³-hybridized carbons (Fsp3) is 0.400. The Morgan fingerprint density at radius 3 is 0.882 bits per heavy atom. The van der Waals surface area contributed by atoms with Gasteiger partial charge in [0, 0.05) is 0 Å². The van der Waals surface area contributed by atoms with E-state index in [2.05, 4.69) is 80.5 Å². The van der Waals surface area contributed by atoms with Gasteiger partial charge in [0.15, 0.2) is 0 Å². The van der Waals surface area contributed by atoms with Gasteiger partial charge in [0.25, 0.3) is 0 Å². The maximum absolute atomic E-state index is 6.47. The molecule has 0 atom stereocenters. The molecule has 0 fully saturated rings. The summed E-state index contributed by atoms with van der Waals surface area (Å²) in [6.45, 7) is 19.6. The average molecular weight is 458 g/mol. The van der Waals surface area contributed by atoms with E-state index < -0.39 is 7.32 Å². The zero-order chi connectivity index (χ0) is 25.1. The lowest BCUT2D eigenvalue weighted by Gasteiger charge is -2.28. The Bertz CT molecular complexity index is 959. The molecule has 3 rings (SSSR count). The fourth-order valence-corrected chi connectivity index (χ4v) is 3.95. The van der Waals surface area contributed by atoms with Gasteiger partial charge in [-0.05, 0) is 51.1 Å². The van der Waals surface area contributed by atoms with Crippen LogP contribution in [0, 0.1) is 0 Å². The average Bonchev–Trinajstić information content (AvgIpc) is 2.72. The lowest BCUT2D eigenvalue weighted by molar-refractivity contribution is 0.297. The SMILES string of the molecule is CC(C)(C)c1ccccc1OB(Oc1ccccc1C(C)(C)C)Oc1ccccc1C(C)(C)C. The lowest BCUT2D eigenvalue weighted by atomic mass is 9.85. The summed E-state index contributed by atoms with van der Waals surface area (Å²) >= 11 is 0. The van der Waals surface area contributed by atoms with Gasteiger partial charge < -0.3 is 14.0 Å². The van der Waals surface area contributed by atoms with E-state index in [1.807, 2.05) is 54.6 Å². The highest BCUT2D eigenvalue weighted by Crippen LogP contribution is 2.36. The summed E-state index contributed by atoms with van der Waals surface area (Å²) in [5.74, 6) is 2.25. The molecule has 0 saturated carbocycles. The summed E-state index contributed by atoms with van der Waals surface area (Å²) in [5.41, 5.74) is 3.02. The molecule has 0 amide bonds. The van der Waals surface area contributed by atoms with Gasteiger partial charge in [0.1, 0.15) is 17.2 Å². The van der Waals surface area contributed by atoms with Crippen LogP contribution < -0.4 is 14.0 Å². The van der Waals surface area contributed by atoms with Gasteiger partial charge in [-0.1, -0.05) is 117 Å². The highest BCUT2D eigenvalue weighted by Gasteiger charge is 2.35. The molecule has 34 heavy (non-hydrogen) atoms. The number of rotatable bonds is 6. The summed E-state index contributed by atoms with van der Waals surface area (Å²) in [4.78, 5) is 0. The van der Waals surface area contributed by atoms with E-state index in [0.717, 1.165) is 33.9 Å². The van der Waals surface area contributed by atoms with Crippen LogP contribution in [-0.4, -0.2) is 7.32 Å². The Morgan fingerprint density at radius 2 is 0.647 bits per heavy atom. The van der Waals surface area contributed by atoms with Crippen LogP contribution in [-0.2, 0) is 16.2 Å². The van der Waals surface area contributed by atoms with E-state index >= 15 is 0 Å². The number of benzene rings is 3. The largest absolute Gasteiger partial charge is 0.864 e. The highest BCUT2D eigenvalue weighted by molar-refractivity contribution is 6.39. The first-order valence-electron chi connectivity index (χ1n) is 12.1. The second-order valence-corrected chi connectivity index (χ2v) is 11.9. The van der Waals surface area contributed by atoms with Crippen LogP contribution in [0.4, 0.5) is 0 Å². The second kappa shape index (κ2) is 9.78. The van der Waals surface area contributed by atoms with E-state index in [9.17, 15) is 0 Å². The van der Waals surface area contributed by atoms with Gasteiger partial charge in [-0.25, -0.2) is 0 Å². The van der Waals surface area contributed by atoms with Gasteiger partial charge in [-0.15, -0.1) is 0 Å². The molecule has 3 aromatic rings. The summed E-state index contributed by atoms with van der Waals surface area (Å²) < 4.78 is 19.4. The molecule has 180 valence electrons. The lowest BCUT2D eigenvalue weighted by Crippen LogP contribution is -2.39. The molecule has 3 nitrogen and oxygen atoms in total. The molecule has 0 heterocycles. The topological polar surface area (TPSA) is 27.7 Å².